The van der Waals surface area contributed by atoms with Gasteiger partial charge in [-0.15, -0.1) is 0 Å². The Labute approximate surface area is 253 Å². The van der Waals surface area contributed by atoms with Crippen molar-refractivity contribution in [2.75, 3.05) is 0 Å². The Kier molecular flexibility index (Phi) is 7.86. The normalized spacial score (nSPS) is 13.0. The Hall–Kier alpha value is -5.25. The molecule has 0 atom stereocenters. The van der Waals surface area contributed by atoms with Crippen molar-refractivity contribution in [1.29, 1.82) is 0 Å². The molecular formula is C34H34N4O6. The minimum absolute atomic E-state index is 0.0109. The van der Waals surface area contributed by atoms with Gasteiger partial charge in [0.2, 0.25) is 0 Å². The van der Waals surface area contributed by atoms with Crippen LogP contribution in [0, 0.1) is 13.8 Å². The van der Waals surface area contributed by atoms with E-state index in [1.807, 2.05) is 39.8 Å². The molecule has 0 radical (unpaired) electrons. The van der Waals surface area contributed by atoms with Crippen LogP contribution in [0.1, 0.15) is 84.2 Å². The molecule has 226 valence electrons. The van der Waals surface area contributed by atoms with Gasteiger partial charge in [0.05, 0.1) is 34.8 Å². The number of nitrogens with one attached hydrogen (secondary N) is 2. The van der Waals surface area contributed by atoms with Gasteiger partial charge in [0.15, 0.2) is 0 Å². The summed E-state index contributed by atoms with van der Waals surface area (Å²) >= 11 is 0. The number of fused-ring (bicyclic) bond motifs is 8. The average Bonchev–Trinajstić information content (AvgIpc) is 3.63. The second kappa shape index (κ2) is 11.4. The van der Waals surface area contributed by atoms with Crippen LogP contribution < -0.4 is 0 Å². The summed E-state index contributed by atoms with van der Waals surface area (Å²) in [5.41, 5.74) is 9.94. The van der Waals surface area contributed by atoms with E-state index in [4.69, 9.17) is 9.97 Å². The molecule has 0 aromatic carbocycles. The number of aromatic amines is 2. The van der Waals surface area contributed by atoms with Crippen molar-refractivity contribution in [3.05, 3.63) is 75.4 Å². The first-order chi connectivity index (χ1) is 20.9. The summed E-state index contributed by atoms with van der Waals surface area (Å²) in [5, 5.41) is 29.8. The quantitative estimate of drug-likeness (QED) is 0.195. The fourth-order valence-corrected chi connectivity index (χ4v) is 6.14. The summed E-state index contributed by atoms with van der Waals surface area (Å²) in [6.45, 7) is 13.5. The molecule has 0 fully saturated rings. The Morgan fingerprint density at radius 2 is 1.41 bits per heavy atom. The zero-order valence-electron chi connectivity index (χ0n) is 25.3. The number of hydrogen-bond donors (Lipinski definition) is 5. The number of rotatable bonds is 8. The number of H-pyrrole nitrogens is 2. The zero-order valence-corrected chi connectivity index (χ0v) is 25.3. The van der Waals surface area contributed by atoms with E-state index >= 15 is 0 Å². The van der Waals surface area contributed by atoms with Crippen molar-refractivity contribution in [2.45, 2.75) is 60.3 Å². The van der Waals surface area contributed by atoms with Crippen LogP contribution in [0.3, 0.4) is 0 Å². The summed E-state index contributed by atoms with van der Waals surface area (Å²) < 4.78 is 0. The molecule has 0 spiro atoms. The number of hydrogen-bond acceptors (Lipinski definition) is 5. The molecule has 5 N–H and O–H groups in total. The van der Waals surface area contributed by atoms with Crippen molar-refractivity contribution >= 4 is 68.3 Å². The van der Waals surface area contributed by atoms with E-state index in [-0.39, 0.29) is 35.4 Å². The van der Waals surface area contributed by atoms with Gasteiger partial charge >= 0.3 is 17.9 Å². The van der Waals surface area contributed by atoms with Crippen LogP contribution in [-0.2, 0) is 27.2 Å². The lowest BCUT2D eigenvalue weighted by atomic mass is 9.94. The van der Waals surface area contributed by atoms with Gasteiger partial charge in [-0.2, -0.15) is 0 Å². The van der Waals surface area contributed by atoms with E-state index in [1.54, 1.807) is 19.1 Å². The van der Waals surface area contributed by atoms with Gasteiger partial charge < -0.3 is 25.3 Å². The van der Waals surface area contributed by atoms with Crippen LogP contribution in [-0.4, -0.2) is 53.2 Å². The Bertz CT molecular complexity index is 2020. The monoisotopic (exact) mass is 594 g/mol. The molecule has 0 amide bonds. The molecule has 3 aromatic heterocycles. The average molecular weight is 595 g/mol. The van der Waals surface area contributed by atoms with Gasteiger partial charge in [0.25, 0.3) is 0 Å². The van der Waals surface area contributed by atoms with Crippen molar-refractivity contribution in [3.63, 3.8) is 0 Å². The van der Waals surface area contributed by atoms with Gasteiger partial charge in [-0.25, -0.2) is 14.8 Å². The Morgan fingerprint density at radius 3 is 2.02 bits per heavy atom. The van der Waals surface area contributed by atoms with Crippen molar-refractivity contribution in [2.24, 2.45) is 0 Å². The fourth-order valence-electron chi connectivity index (χ4n) is 6.14. The summed E-state index contributed by atoms with van der Waals surface area (Å²) in [6.07, 6.45) is 1.80. The fraction of sp³-hybridized carbons (Fsp3) is 0.265. The molecule has 44 heavy (non-hydrogen) atoms. The molecule has 10 heteroatoms. The Balaban J connectivity index is 2.07. The minimum Gasteiger partial charge on any atom is -0.481 e. The molecule has 5 heterocycles. The van der Waals surface area contributed by atoms with Gasteiger partial charge in [-0.05, 0) is 92.1 Å². The third kappa shape index (κ3) is 5.12. The van der Waals surface area contributed by atoms with E-state index in [9.17, 15) is 29.7 Å². The molecule has 10 nitrogen and oxygen atoms in total. The molecule has 0 aliphatic carbocycles. The van der Waals surface area contributed by atoms with E-state index < -0.39 is 24.3 Å². The van der Waals surface area contributed by atoms with Gasteiger partial charge in [0, 0.05) is 39.6 Å². The van der Waals surface area contributed by atoms with Crippen LogP contribution in [0.15, 0.2) is 24.8 Å². The first kappa shape index (κ1) is 30.2. The smallest absolute Gasteiger partial charge is 0.338 e. The Morgan fingerprint density at radius 1 is 0.795 bits per heavy atom. The SMILES string of the molecule is C=Cc1c(C)c2cc3nc(c(CC(=O)O)c4nc(cc5[nH]c(cc1[nH]2)c(C)c5CC)C(C)=C4C(=O)O)C(CCC(=O)O)=C3C. The molecule has 5 rings (SSSR count). The molecule has 8 bridgehead atoms. The number of nitrogens with zero attached hydrogens (tertiary/aromatic N) is 2. The highest BCUT2D eigenvalue weighted by molar-refractivity contribution is 6.24. The number of carbonyl (C=O) groups is 3. The number of aryl methyl sites for hydroxylation is 3. The van der Waals surface area contributed by atoms with E-state index in [0.29, 0.717) is 34.5 Å². The van der Waals surface area contributed by atoms with Crippen molar-refractivity contribution in [1.82, 2.24) is 19.9 Å². The van der Waals surface area contributed by atoms with Gasteiger partial charge in [0.1, 0.15) is 0 Å². The molecular weight excluding hydrogens is 560 g/mol. The minimum atomic E-state index is -1.24. The van der Waals surface area contributed by atoms with Crippen LogP contribution in [0.4, 0.5) is 0 Å². The maximum atomic E-state index is 12.7. The van der Waals surface area contributed by atoms with E-state index in [1.165, 1.54) is 0 Å². The summed E-state index contributed by atoms with van der Waals surface area (Å²) in [4.78, 5) is 53.1. The highest BCUT2D eigenvalue weighted by atomic mass is 16.4. The number of carboxylic acid groups (broad SMARTS) is 3. The van der Waals surface area contributed by atoms with Gasteiger partial charge in [-0.1, -0.05) is 19.6 Å². The van der Waals surface area contributed by atoms with Crippen LogP contribution in [0.25, 0.3) is 50.4 Å². The number of carboxylic acids is 3. The molecule has 3 aromatic rings. The number of aromatic nitrogens is 4. The first-order valence-electron chi connectivity index (χ1n) is 14.3. The summed E-state index contributed by atoms with van der Waals surface area (Å²) in [7, 11) is 0. The third-order valence-corrected chi connectivity index (χ3v) is 8.51. The van der Waals surface area contributed by atoms with Crippen LogP contribution >= 0.6 is 0 Å². The molecule has 0 saturated carbocycles. The van der Waals surface area contributed by atoms with Crippen molar-refractivity contribution in [3.8, 4) is 0 Å². The second-order valence-corrected chi connectivity index (χ2v) is 11.1. The summed E-state index contributed by atoms with van der Waals surface area (Å²) in [6, 6.07) is 5.66. The lowest BCUT2D eigenvalue weighted by molar-refractivity contribution is -0.137. The van der Waals surface area contributed by atoms with Crippen LogP contribution in [0.5, 0.6) is 0 Å². The predicted octanol–water partition coefficient (Wildman–Crippen LogP) is 6.57. The van der Waals surface area contributed by atoms with E-state index in [2.05, 4.69) is 16.5 Å². The topological polar surface area (TPSA) is 169 Å². The third-order valence-electron chi connectivity index (χ3n) is 8.51. The maximum absolute atomic E-state index is 12.7. The molecule has 2 aliphatic heterocycles. The van der Waals surface area contributed by atoms with E-state index in [0.717, 1.165) is 44.3 Å². The van der Waals surface area contributed by atoms with Crippen LogP contribution in [0.2, 0.25) is 0 Å². The first-order valence-corrected chi connectivity index (χ1v) is 14.3. The maximum Gasteiger partial charge on any atom is 0.338 e. The zero-order chi connectivity index (χ0) is 32.0. The lowest BCUT2D eigenvalue weighted by Gasteiger charge is -2.09. The standard InChI is InChI=1S/C34H34N4O6/c1-7-19-15(3)23-12-25-17(5)21(9-10-29(39)40)32(37-25)22(11-30(41)42)33-31(34(43)44)18(6)26(38-33)14-28-20(8-2)16(4)24(36-28)13-27(19)35-23/h7,12-14,35-36H,1,8-11H2,2-6H3,(H,39,40)(H,41,42)(H,43,44). The predicted molar refractivity (Wildman–Crippen MR) is 171 cm³/mol. The molecule has 0 unspecified atom stereocenters. The summed E-state index contributed by atoms with van der Waals surface area (Å²) in [5.74, 6) is -3.46. The molecule has 2 aliphatic rings. The van der Waals surface area contributed by atoms with Crippen molar-refractivity contribution < 1.29 is 29.7 Å². The lowest BCUT2D eigenvalue weighted by Crippen LogP contribution is -2.10. The number of aliphatic carboxylic acids is 3. The number of allylic oxidation sites excluding steroid dienone is 3. The largest absolute Gasteiger partial charge is 0.481 e. The highest BCUT2D eigenvalue weighted by Gasteiger charge is 2.30. The molecule has 0 saturated heterocycles. The second-order valence-electron chi connectivity index (χ2n) is 11.1. The highest BCUT2D eigenvalue weighted by Crippen LogP contribution is 2.40. The van der Waals surface area contributed by atoms with Gasteiger partial charge in [-0.3, -0.25) is 9.59 Å².